The average molecular weight is 410 g/mol. The molecule has 4 nitrogen and oxygen atoms in total. The number of hydrogen-bond donors (Lipinski definition) is 3. The molecule has 0 heterocycles. The highest BCUT2D eigenvalue weighted by molar-refractivity contribution is 7.99. The van der Waals surface area contributed by atoms with Crippen molar-refractivity contribution in [2.24, 2.45) is 0 Å². The Balaban J connectivity index is 1.51. The molecule has 2 aromatic rings. The first-order chi connectivity index (χ1) is 12.6. The number of hydrazine groups is 1. The molecule has 0 aromatic heterocycles. The number of benzene rings is 2. The number of rotatable bonds is 8. The summed E-state index contributed by atoms with van der Waals surface area (Å²) in [5, 5.41) is 3.43. The fraction of sp³-hybridized carbons (Fsp3) is 0.222. The highest BCUT2D eigenvalue weighted by atomic mass is 32.2. The van der Waals surface area contributed by atoms with Gasteiger partial charge in [-0.25, -0.2) is 4.39 Å². The van der Waals surface area contributed by atoms with Crippen molar-refractivity contribution >= 4 is 46.8 Å². The first kappa shape index (κ1) is 20.5. The van der Waals surface area contributed by atoms with Crippen LogP contribution in [0.3, 0.4) is 0 Å². The number of halogens is 1. The highest BCUT2D eigenvalue weighted by Crippen LogP contribution is 2.18. The van der Waals surface area contributed by atoms with E-state index in [2.05, 4.69) is 28.3 Å². The summed E-state index contributed by atoms with van der Waals surface area (Å²) in [7, 11) is 0. The molecule has 0 fully saturated rings. The van der Waals surface area contributed by atoms with Crippen molar-refractivity contribution < 1.29 is 9.18 Å². The van der Waals surface area contributed by atoms with Gasteiger partial charge >= 0.3 is 0 Å². The Labute approximate surface area is 166 Å². The Morgan fingerprint density at radius 2 is 1.58 bits per heavy atom. The Hall–Kier alpha value is -1.77. The number of thioether (sulfide) groups is 2. The molecule has 1 amide bonds. The van der Waals surface area contributed by atoms with Crippen LogP contribution in [0.1, 0.15) is 6.42 Å². The lowest BCUT2D eigenvalue weighted by Crippen LogP contribution is -2.47. The second-order valence-electron chi connectivity index (χ2n) is 5.14. The van der Waals surface area contributed by atoms with Gasteiger partial charge in [0.15, 0.2) is 5.11 Å². The van der Waals surface area contributed by atoms with Crippen molar-refractivity contribution in [3.63, 3.8) is 0 Å². The van der Waals surface area contributed by atoms with Crippen LogP contribution >= 0.6 is 35.7 Å². The zero-order valence-corrected chi connectivity index (χ0v) is 16.5. The van der Waals surface area contributed by atoms with Crippen molar-refractivity contribution in [3.05, 3.63) is 60.4 Å². The van der Waals surface area contributed by atoms with E-state index in [4.69, 9.17) is 12.2 Å². The van der Waals surface area contributed by atoms with Crippen molar-refractivity contribution in [3.8, 4) is 0 Å². The molecule has 138 valence electrons. The molecule has 2 aromatic carbocycles. The number of hydrogen-bond acceptors (Lipinski definition) is 4. The van der Waals surface area contributed by atoms with Crippen LogP contribution in [0.25, 0.3) is 0 Å². The molecule has 0 saturated carbocycles. The van der Waals surface area contributed by atoms with E-state index < -0.39 is 0 Å². The van der Waals surface area contributed by atoms with Crippen LogP contribution in [0.5, 0.6) is 0 Å². The number of nitrogens with one attached hydrogen (secondary N) is 3. The van der Waals surface area contributed by atoms with Crippen molar-refractivity contribution in [1.82, 2.24) is 16.2 Å². The zero-order valence-electron chi connectivity index (χ0n) is 14.0. The lowest BCUT2D eigenvalue weighted by molar-refractivity contribution is -0.121. The molecule has 0 spiro atoms. The Morgan fingerprint density at radius 1 is 0.923 bits per heavy atom. The molecule has 0 aliphatic heterocycles. The molecule has 2 rings (SSSR count). The monoisotopic (exact) mass is 409 g/mol. The third kappa shape index (κ3) is 8.55. The Morgan fingerprint density at radius 3 is 2.31 bits per heavy atom. The van der Waals surface area contributed by atoms with Gasteiger partial charge in [-0.15, -0.1) is 23.5 Å². The van der Waals surface area contributed by atoms with Gasteiger partial charge in [-0.1, -0.05) is 18.2 Å². The van der Waals surface area contributed by atoms with Crippen molar-refractivity contribution in [1.29, 1.82) is 0 Å². The normalized spacial score (nSPS) is 10.2. The number of thiocarbonyl (C=S) groups is 1. The number of carbonyl (C=O) groups excluding carboxylic acids is 1. The van der Waals surface area contributed by atoms with E-state index in [9.17, 15) is 9.18 Å². The first-order valence-corrected chi connectivity index (χ1v) is 10.4. The molecule has 8 heteroatoms. The maximum absolute atomic E-state index is 12.8. The van der Waals surface area contributed by atoms with Crippen molar-refractivity contribution in [2.45, 2.75) is 16.2 Å². The fourth-order valence-electron chi connectivity index (χ4n) is 1.88. The van der Waals surface area contributed by atoms with Crippen LogP contribution in [0.2, 0.25) is 0 Å². The summed E-state index contributed by atoms with van der Waals surface area (Å²) in [6, 6.07) is 16.3. The third-order valence-electron chi connectivity index (χ3n) is 3.13. The van der Waals surface area contributed by atoms with Gasteiger partial charge in [-0.05, 0) is 48.6 Å². The molecular weight excluding hydrogens is 389 g/mol. The van der Waals surface area contributed by atoms with E-state index >= 15 is 0 Å². The lowest BCUT2D eigenvalue weighted by Gasteiger charge is -2.11. The van der Waals surface area contributed by atoms with Gasteiger partial charge in [0.05, 0.1) is 0 Å². The maximum Gasteiger partial charge on any atom is 0.239 e. The molecule has 0 aliphatic rings. The second-order valence-corrected chi connectivity index (χ2v) is 7.89. The quantitative estimate of drug-likeness (QED) is 0.268. The predicted octanol–water partition coefficient (Wildman–Crippen LogP) is 3.60. The van der Waals surface area contributed by atoms with Gasteiger partial charge in [0.2, 0.25) is 5.91 Å². The van der Waals surface area contributed by atoms with Gasteiger partial charge in [-0.3, -0.25) is 15.6 Å². The van der Waals surface area contributed by atoms with Gasteiger partial charge in [0.25, 0.3) is 0 Å². The van der Waals surface area contributed by atoms with E-state index in [0.29, 0.717) is 23.8 Å². The second kappa shape index (κ2) is 11.8. The smallest absolute Gasteiger partial charge is 0.239 e. The molecule has 0 saturated heterocycles. The highest BCUT2D eigenvalue weighted by Gasteiger charge is 2.03. The van der Waals surface area contributed by atoms with Crippen LogP contribution in [-0.2, 0) is 4.79 Å². The minimum absolute atomic E-state index is 0.151. The average Bonchev–Trinajstić information content (AvgIpc) is 2.66. The predicted molar refractivity (Wildman–Crippen MR) is 111 cm³/mol. The number of carbonyl (C=O) groups is 1. The summed E-state index contributed by atoms with van der Waals surface area (Å²) in [5.74, 6) is 1.06. The summed E-state index contributed by atoms with van der Waals surface area (Å²) in [5.41, 5.74) is 5.25. The topological polar surface area (TPSA) is 53.2 Å². The van der Waals surface area contributed by atoms with E-state index in [1.165, 1.54) is 28.8 Å². The summed E-state index contributed by atoms with van der Waals surface area (Å²) >= 11 is 8.35. The minimum atomic E-state index is -0.264. The third-order valence-corrected chi connectivity index (χ3v) is 5.40. The van der Waals surface area contributed by atoms with Crippen LogP contribution in [0.15, 0.2) is 64.4 Å². The molecule has 0 bridgehead atoms. The minimum Gasteiger partial charge on any atom is -0.361 e. The number of amides is 1. The molecule has 0 aliphatic carbocycles. The van der Waals surface area contributed by atoms with Gasteiger partial charge < -0.3 is 5.32 Å². The van der Waals surface area contributed by atoms with E-state index in [1.54, 1.807) is 23.9 Å². The molecule has 0 atom stereocenters. The Bertz CT molecular complexity index is 699. The largest absolute Gasteiger partial charge is 0.361 e. The van der Waals surface area contributed by atoms with Gasteiger partial charge in [-0.2, -0.15) is 0 Å². The standard InChI is InChI=1S/C18H20FN3OS3/c19-14-6-8-16(9-7-14)25-12-10-17(23)21-22-18(24)20-11-13-26-15-4-2-1-3-5-15/h1-9H,10-13H2,(H,21,23)(H2,20,22,24). The summed E-state index contributed by atoms with van der Waals surface area (Å²) in [6.07, 6.45) is 0.335. The molecule has 0 unspecified atom stereocenters. The van der Waals surface area contributed by atoms with Crippen LogP contribution < -0.4 is 16.2 Å². The van der Waals surface area contributed by atoms with Crippen LogP contribution in [0, 0.1) is 5.82 Å². The van der Waals surface area contributed by atoms with E-state index in [0.717, 1.165) is 10.6 Å². The van der Waals surface area contributed by atoms with Gasteiger partial charge in [0.1, 0.15) is 5.82 Å². The SMILES string of the molecule is O=C(CCSc1ccc(F)cc1)NNC(=S)NCCSc1ccccc1. The van der Waals surface area contributed by atoms with E-state index in [-0.39, 0.29) is 11.7 Å². The molecule has 3 N–H and O–H groups in total. The summed E-state index contributed by atoms with van der Waals surface area (Å²) in [6.45, 7) is 0.696. The molecule has 0 radical (unpaired) electrons. The maximum atomic E-state index is 12.8. The lowest BCUT2D eigenvalue weighted by atomic mass is 10.4. The fourth-order valence-corrected chi connectivity index (χ4v) is 3.67. The first-order valence-electron chi connectivity index (χ1n) is 8.02. The van der Waals surface area contributed by atoms with Crippen LogP contribution in [-0.4, -0.2) is 29.1 Å². The summed E-state index contributed by atoms with van der Waals surface area (Å²) < 4.78 is 12.8. The Kier molecular flexibility index (Phi) is 9.30. The summed E-state index contributed by atoms with van der Waals surface area (Å²) in [4.78, 5) is 13.9. The van der Waals surface area contributed by atoms with Crippen molar-refractivity contribution in [2.75, 3.05) is 18.1 Å². The molecule has 26 heavy (non-hydrogen) atoms. The van der Waals surface area contributed by atoms with Crippen LogP contribution in [0.4, 0.5) is 4.39 Å². The molecular formula is C18H20FN3OS3. The zero-order chi connectivity index (χ0) is 18.6. The van der Waals surface area contributed by atoms with Gasteiger partial charge in [0, 0.05) is 34.3 Å². The van der Waals surface area contributed by atoms with E-state index in [1.807, 2.05) is 18.2 Å².